The van der Waals surface area contributed by atoms with E-state index in [0.29, 0.717) is 17.5 Å². The summed E-state index contributed by atoms with van der Waals surface area (Å²) in [4.78, 5) is 0. The Kier molecular flexibility index (Phi) is 7.86. The Morgan fingerprint density at radius 3 is 2.29 bits per heavy atom. The summed E-state index contributed by atoms with van der Waals surface area (Å²) in [6.07, 6.45) is 9.05. The fourth-order valence-electron chi connectivity index (χ4n) is 2.02. The van der Waals surface area contributed by atoms with Gasteiger partial charge in [-0.1, -0.05) is 45.2 Å². The minimum absolute atomic E-state index is 0.196. The second-order valence-corrected chi connectivity index (χ2v) is 6.34. The van der Waals surface area contributed by atoms with Crippen LogP contribution in [0.2, 0.25) is 0 Å². The predicted molar refractivity (Wildman–Crippen MR) is 95.7 cm³/mol. The quantitative estimate of drug-likeness (QED) is 0.477. The Morgan fingerprint density at radius 1 is 1.29 bits per heavy atom. The van der Waals surface area contributed by atoms with Gasteiger partial charge in [-0.3, -0.25) is 0 Å². The summed E-state index contributed by atoms with van der Waals surface area (Å²) in [5.74, 6) is 0.997. The highest BCUT2D eigenvalue weighted by Crippen LogP contribution is 2.24. The van der Waals surface area contributed by atoms with Gasteiger partial charge in [0.2, 0.25) is 0 Å². The molecule has 2 nitrogen and oxygen atoms in total. The molecule has 0 aliphatic rings. The molecule has 0 amide bonds. The van der Waals surface area contributed by atoms with E-state index in [1.807, 2.05) is 32.9 Å². The first kappa shape index (κ1) is 19.3. The molecule has 0 aromatic carbocycles. The van der Waals surface area contributed by atoms with E-state index in [1.165, 1.54) is 0 Å². The first-order valence-corrected chi connectivity index (χ1v) is 7.51. The van der Waals surface area contributed by atoms with Crippen LogP contribution in [0.15, 0.2) is 61.0 Å². The number of nitrogens with two attached hydrogens (primary N) is 1. The Balaban J connectivity index is 4.98. The zero-order chi connectivity index (χ0) is 16.6. The lowest BCUT2D eigenvalue weighted by Gasteiger charge is -2.24. The topological polar surface area (TPSA) is 38.0 Å². The van der Waals surface area contributed by atoms with Gasteiger partial charge in [0.25, 0.3) is 0 Å². The van der Waals surface area contributed by atoms with Crippen LogP contribution in [-0.4, -0.2) is 5.54 Å². The Labute approximate surface area is 131 Å². The van der Waals surface area contributed by atoms with Crippen molar-refractivity contribution in [1.82, 2.24) is 5.32 Å². The summed E-state index contributed by atoms with van der Waals surface area (Å²) in [6.45, 7) is 22.3. The average molecular weight is 288 g/mol. The van der Waals surface area contributed by atoms with Crippen molar-refractivity contribution in [3.8, 4) is 0 Å². The smallest absolute Gasteiger partial charge is 0.0497 e. The Hall–Kier alpha value is -1.70. The molecule has 0 aromatic rings. The summed E-state index contributed by atoms with van der Waals surface area (Å²) in [7, 11) is 0. The molecule has 0 saturated heterocycles. The van der Waals surface area contributed by atoms with E-state index in [-0.39, 0.29) is 5.54 Å². The molecular formula is C19H32N2. The zero-order valence-electron chi connectivity index (χ0n) is 14.4. The van der Waals surface area contributed by atoms with Crippen molar-refractivity contribution < 1.29 is 0 Å². The van der Waals surface area contributed by atoms with Gasteiger partial charge in [-0.05, 0) is 50.7 Å². The molecular weight excluding hydrogens is 256 g/mol. The highest BCUT2D eigenvalue weighted by Gasteiger charge is 2.15. The van der Waals surface area contributed by atoms with Crippen molar-refractivity contribution in [3.05, 3.63) is 61.0 Å². The summed E-state index contributed by atoms with van der Waals surface area (Å²) < 4.78 is 0. The van der Waals surface area contributed by atoms with Crippen LogP contribution in [-0.2, 0) is 0 Å². The molecule has 0 saturated carbocycles. The first-order valence-electron chi connectivity index (χ1n) is 7.51. The Morgan fingerprint density at radius 2 is 1.86 bits per heavy atom. The monoisotopic (exact) mass is 288 g/mol. The molecule has 2 heteroatoms. The van der Waals surface area contributed by atoms with Crippen LogP contribution in [0.5, 0.6) is 0 Å². The third-order valence-corrected chi connectivity index (χ3v) is 3.69. The molecule has 0 heterocycles. The summed E-state index contributed by atoms with van der Waals surface area (Å²) in [5, 5.41) is 3.32. The minimum Gasteiger partial charge on any atom is -0.399 e. The van der Waals surface area contributed by atoms with E-state index in [0.717, 1.165) is 17.7 Å². The molecule has 21 heavy (non-hydrogen) atoms. The minimum atomic E-state index is -0.196. The van der Waals surface area contributed by atoms with Crippen molar-refractivity contribution in [2.75, 3.05) is 0 Å². The zero-order valence-corrected chi connectivity index (χ0v) is 14.4. The van der Waals surface area contributed by atoms with E-state index in [4.69, 9.17) is 5.73 Å². The van der Waals surface area contributed by atoms with E-state index in [1.54, 1.807) is 0 Å². The maximum Gasteiger partial charge on any atom is 0.0497 e. The number of allylic oxidation sites excluding steroid dienone is 4. The maximum absolute atomic E-state index is 5.93. The van der Waals surface area contributed by atoms with Crippen molar-refractivity contribution in [2.24, 2.45) is 17.6 Å². The lowest BCUT2D eigenvalue weighted by molar-refractivity contribution is 0.456. The number of rotatable bonds is 9. The number of hydrogen-bond donors (Lipinski definition) is 2. The standard InChI is InChI=1S/C19H32N2/c1-9-11-14(3)15(4)12-18(17(6)20)13-16(5)21-19(7,8)10-2/h9-11,13-15,21H,2,5-6,12,20H2,1,3-4,7-8H3/b11-9?,18-13-. The van der Waals surface area contributed by atoms with Crippen LogP contribution in [0.25, 0.3) is 0 Å². The lowest BCUT2D eigenvalue weighted by atomic mass is 9.88. The van der Waals surface area contributed by atoms with Crippen LogP contribution in [0.3, 0.4) is 0 Å². The SMILES string of the molecule is C=CC(C)(C)NC(=C)/C=C(/CC(C)C(C)C=CC)C(=C)N. The third-order valence-electron chi connectivity index (χ3n) is 3.69. The van der Waals surface area contributed by atoms with E-state index in [9.17, 15) is 0 Å². The van der Waals surface area contributed by atoms with Crippen molar-refractivity contribution in [2.45, 2.75) is 46.6 Å². The van der Waals surface area contributed by atoms with Crippen molar-refractivity contribution in [1.29, 1.82) is 0 Å². The summed E-state index contributed by atoms with van der Waals surface area (Å²) >= 11 is 0. The third kappa shape index (κ3) is 7.60. The van der Waals surface area contributed by atoms with Crippen LogP contribution >= 0.6 is 0 Å². The van der Waals surface area contributed by atoms with E-state index < -0.39 is 0 Å². The molecule has 0 fully saturated rings. The predicted octanol–water partition coefficient (Wildman–Crippen LogP) is 4.69. The van der Waals surface area contributed by atoms with Gasteiger partial charge in [0.05, 0.1) is 0 Å². The molecule has 2 unspecified atom stereocenters. The molecule has 3 N–H and O–H groups in total. The van der Waals surface area contributed by atoms with Crippen molar-refractivity contribution in [3.63, 3.8) is 0 Å². The van der Waals surface area contributed by atoms with Gasteiger partial charge >= 0.3 is 0 Å². The van der Waals surface area contributed by atoms with Gasteiger partial charge in [0.15, 0.2) is 0 Å². The van der Waals surface area contributed by atoms with Gasteiger partial charge in [-0.15, -0.1) is 6.58 Å². The molecule has 0 aliphatic carbocycles. The van der Waals surface area contributed by atoms with Crippen LogP contribution < -0.4 is 11.1 Å². The molecule has 0 aromatic heterocycles. The van der Waals surface area contributed by atoms with Crippen LogP contribution in [0.4, 0.5) is 0 Å². The second kappa shape index (κ2) is 8.56. The Bertz CT molecular complexity index is 438. The number of nitrogens with one attached hydrogen (secondary N) is 1. The average Bonchev–Trinajstić information content (AvgIpc) is 2.37. The van der Waals surface area contributed by atoms with E-state index >= 15 is 0 Å². The molecule has 0 spiro atoms. The second-order valence-electron chi connectivity index (χ2n) is 6.34. The molecule has 2 atom stereocenters. The van der Waals surface area contributed by atoms with Gasteiger partial charge < -0.3 is 11.1 Å². The van der Waals surface area contributed by atoms with Gasteiger partial charge in [0, 0.05) is 16.9 Å². The molecule has 0 bridgehead atoms. The highest BCUT2D eigenvalue weighted by molar-refractivity contribution is 5.33. The van der Waals surface area contributed by atoms with E-state index in [2.05, 4.69) is 51.1 Å². The summed E-state index contributed by atoms with van der Waals surface area (Å²) in [5.41, 5.74) is 8.21. The fraction of sp³-hybridized carbons (Fsp3) is 0.474. The molecule has 0 radical (unpaired) electrons. The molecule has 0 aliphatic heterocycles. The van der Waals surface area contributed by atoms with Crippen molar-refractivity contribution >= 4 is 0 Å². The number of hydrogen-bond acceptors (Lipinski definition) is 2. The first-order chi connectivity index (χ1) is 9.62. The maximum atomic E-state index is 5.93. The largest absolute Gasteiger partial charge is 0.399 e. The fourth-order valence-corrected chi connectivity index (χ4v) is 2.02. The highest BCUT2D eigenvalue weighted by atomic mass is 15.0. The van der Waals surface area contributed by atoms with Gasteiger partial charge in [-0.25, -0.2) is 0 Å². The molecule has 0 rings (SSSR count). The normalized spacial score (nSPS) is 15.6. The summed E-state index contributed by atoms with van der Waals surface area (Å²) in [6, 6.07) is 0. The lowest BCUT2D eigenvalue weighted by Crippen LogP contribution is -2.35. The molecule has 118 valence electrons. The van der Waals surface area contributed by atoms with Crippen LogP contribution in [0.1, 0.15) is 41.0 Å². The van der Waals surface area contributed by atoms with Gasteiger partial charge in [0.1, 0.15) is 0 Å². The van der Waals surface area contributed by atoms with Crippen LogP contribution in [0, 0.1) is 11.8 Å². The van der Waals surface area contributed by atoms with Gasteiger partial charge in [-0.2, -0.15) is 0 Å².